The van der Waals surface area contributed by atoms with E-state index in [1.165, 1.54) is 11.8 Å². The minimum absolute atomic E-state index is 0.00190. The molecule has 0 spiro atoms. The maximum atomic E-state index is 11.9. The number of hydrogen-bond acceptors (Lipinski definition) is 2. The predicted octanol–water partition coefficient (Wildman–Crippen LogP) is 1.69. The number of rotatable bonds is 4. The molecule has 0 heterocycles. The van der Waals surface area contributed by atoms with Gasteiger partial charge >= 0.3 is 0 Å². The number of halogens is 2. The molecule has 0 aromatic heterocycles. The van der Waals surface area contributed by atoms with E-state index < -0.39 is 6.08 Å². The van der Waals surface area contributed by atoms with Gasteiger partial charge in [-0.05, 0) is 6.92 Å². The van der Waals surface area contributed by atoms with Crippen LogP contribution in [-0.4, -0.2) is 32.2 Å². The van der Waals surface area contributed by atoms with E-state index in [9.17, 15) is 8.78 Å². The second kappa shape index (κ2) is 5.07. The van der Waals surface area contributed by atoms with Crippen molar-refractivity contribution in [2.24, 2.45) is 0 Å². The summed E-state index contributed by atoms with van der Waals surface area (Å²) in [4.78, 5) is 1.46. The van der Waals surface area contributed by atoms with E-state index in [1.54, 1.807) is 14.2 Å². The molecule has 0 bridgehead atoms. The summed E-state index contributed by atoms with van der Waals surface area (Å²) in [6.45, 7) is 2.33. The molecule has 0 aliphatic carbocycles. The molecular weight excluding hydrogens is 152 g/mol. The normalized spacial score (nSPS) is 9.55. The standard InChI is InChI=1S/C7H13F2NO/c1-6(7(8)9)10(2)4-5-11-3/h4-5H2,1-3H3. The first-order valence-corrected chi connectivity index (χ1v) is 3.31. The first-order valence-electron chi connectivity index (χ1n) is 3.31. The van der Waals surface area contributed by atoms with Crippen LogP contribution in [0, 0.1) is 0 Å². The second-order valence-corrected chi connectivity index (χ2v) is 2.26. The Hall–Kier alpha value is -0.640. The van der Waals surface area contributed by atoms with E-state index in [0.717, 1.165) is 0 Å². The number of likely N-dealkylation sites (N-methyl/N-ethyl adjacent to an activating group) is 1. The van der Waals surface area contributed by atoms with Crippen LogP contribution in [0.2, 0.25) is 0 Å². The molecule has 0 N–H and O–H groups in total. The second-order valence-electron chi connectivity index (χ2n) is 2.26. The molecule has 0 saturated heterocycles. The van der Waals surface area contributed by atoms with E-state index in [0.29, 0.717) is 13.2 Å². The summed E-state index contributed by atoms with van der Waals surface area (Å²) in [5.74, 6) is 0. The van der Waals surface area contributed by atoms with Crippen molar-refractivity contribution in [2.75, 3.05) is 27.3 Å². The van der Waals surface area contributed by atoms with Gasteiger partial charge in [-0.15, -0.1) is 0 Å². The Morgan fingerprint density at radius 1 is 1.45 bits per heavy atom. The Morgan fingerprint density at radius 3 is 2.36 bits per heavy atom. The van der Waals surface area contributed by atoms with Gasteiger partial charge in [0.25, 0.3) is 6.08 Å². The van der Waals surface area contributed by atoms with Gasteiger partial charge in [-0.2, -0.15) is 8.78 Å². The molecule has 0 fully saturated rings. The highest BCUT2D eigenvalue weighted by atomic mass is 19.3. The van der Waals surface area contributed by atoms with Gasteiger partial charge in [-0.3, -0.25) is 0 Å². The smallest absolute Gasteiger partial charge is 0.288 e. The summed E-state index contributed by atoms with van der Waals surface area (Å²) in [6.07, 6.45) is -1.64. The molecule has 0 amide bonds. The number of allylic oxidation sites excluding steroid dienone is 1. The average Bonchev–Trinajstić information content (AvgIpc) is 1.98. The van der Waals surface area contributed by atoms with E-state index in [1.807, 2.05) is 0 Å². The van der Waals surface area contributed by atoms with Crippen LogP contribution in [0.1, 0.15) is 6.92 Å². The van der Waals surface area contributed by atoms with Crippen molar-refractivity contribution in [1.29, 1.82) is 0 Å². The van der Waals surface area contributed by atoms with Crippen molar-refractivity contribution in [1.82, 2.24) is 4.90 Å². The van der Waals surface area contributed by atoms with Crippen LogP contribution < -0.4 is 0 Å². The number of nitrogens with zero attached hydrogens (tertiary/aromatic N) is 1. The van der Waals surface area contributed by atoms with Crippen LogP contribution in [0.25, 0.3) is 0 Å². The molecule has 0 aromatic rings. The molecular formula is C7H13F2NO. The molecule has 0 unspecified atom stereocenters. The number of ether oxygens (including phenoxy) is 1. The van der Waals surface area contributed by atoms with E-state index in [-0.39, 0.29) is 5.70 Å². The molecule has 0 aliphatic rings. The van der Waals surface area contributed by atoms with E-state index >= 15 is 0 Å². The minimum atomic E-state index is -1.64. The van der Waals surface area contributed by atoms with Crippen molar-refractivity contribution in [2.45, 2.75) is 6.92 Å². The van der Waals surface area contributed by atoms with Crippen molar-refractivity contribution in [3.05, 3.63) is 11.8 Å². The zero-order chi connectivity index (χ0) is 8.85. The lowest BCUT2D eigenvalue weighted by Gasteiger charge is -2.17. The van der Waals surface area contributed by atoms with Crippen LogP contribution in [0.3, 0.4) is 0 Å². The van der Waals surface area contributed by atoms with Gasteiger partial charge in [0.1, 0.15) is 0 Å². The number of hydrogen-bond donors (Lipinski definition) is 0. The summed E-state index contributed by atoms with van der Waals surface area (Å²) < 4.78 is 28.5. The molecule has 0 aromatic carbocycles. The highest BCUT2D eigenvalue weighted by Crippen LogP contribution is 2.09. The Kier molecular flexibility index (Phi) is 4.77. The fourth-order valence-electron chi connectivity index (χ4n) is 0.540. The van der Waals surface area contributed by atoms with Crippen molar-refractivity contribution in [3.63, 3.8) is 0 Å². The van der Waals surface area contributed by atoms with Gasteiger partial charge in [0.15, 0.2) is 0 Å². The third-order valence-corrected chi connectivity index (χ3v) is 1.48. The van der Waals surface area contributed by atoms with Gasteiger partial charge in [-0.25, -0.2) is 0 Å². The molecule has 0 aliphatic heterocycles. The molecule has 0 rings (SSSR count). The summed E-state index contributed by atoms with van der Waals surface area (Å²) in [5.41, 5.74) is 0.00190. The lowest BCUT2D eigenvalue weighted by atomic mass is 10.4. The minimum Gasteiger partial charge on any atom is -0.383 e. The van der Waals surface area contributed by atoms with Gasteiger partial charge in [0.2, 0.25) is 0 Å². The fraction of sp³-hybridized carbons (Fsp3) is 0.714. The maximum absolute atomic E-state index is 11.9. The largest absolute Gasteiger partial charge is 0.383 e. The fourth-order valence-corrected chi connectivity index (χ4v) is 0.540. The van der Waals surface area contributed by atoms with Gasteiger partial charge in [-0.1, -0.05) is 0 Å². The zero-order valence-corrected chi connectivity index (χ0v) is 7.03. The Labute approximate surface area is 65.4 Å². The molecule has 2 nitrogen and oxygen atoms in total. The van der Waals surface area contributed by atoms with Gasteiger partial charge in [0.05, 0.1) is 12.3 Å². The van der Waals surface area contributed by atoms with Crippen molar-refractivity contribution >= 4 is 0 Å². The number of methoxy groups -OCH3 is 1. The summed E-state index contributed by atoms with van der Waals surface area (Å²) in [6, 6.07) is 0. The first-order chi connectivity index (χ1) is 5.09. The maximum Gasteiger partial charge on any atom is 0.288 e. The van der Waals surface area contributed by atoms with Crippen LogP contribution in [-0.2, 0) is 4.74 Å². The molecule has 66 valence electrons. The first kappa shape index (κ1) is 10.4. The quantitative estimate of drug-likeness (QED) is 0.628. The van der Waals surface area contributed by atoms with E-state index in [2.05, 4.69) is 0 Å². The topological polar surface area (TPSA) is 12.5 Å². The third-order valence-electron chi connectivity index (χ3n) is 1.48. The monoisotopic (exact) mass is 165 g/mol. The Morgan fingerprint density at radius 2 is 2.00 bits per heavy atom. The van der Waals surface area contributed by atoms with Crippen LogP contribution >= 0.6 is 0 Å². The molecule has 4 heteroatoms. The van der Waals surface area contributed by atoms with Crippen molar-refractivity contribution < 1.29 is 13.5 Å². The lowest BCUT2D eigenvalue weighted by Crippen LogP contribution is -2.21. The van der Waals surface area contributed by atoms with Crippen LogP contribution in [0.4, 0.5) is 8.78 Å². The summed E-state index contributed by atoms with van der Waals surface area (Å²) >= 11 is 0. The molecule has 0 atom stereocenters. The van der Waals surface area contributed by atoms with Crippen LogP contribution in [0.15, 0.2) is 11.8 Å². The lowest BCUT2D eigenvalue weighted by molar-refractivity contribution is 0.170. The summed E-state index contributed by atoms with van der Waals surface area (Å²) in [7, 11) is 3.15. The molecule has 0 radical (unpaired) electrons. The molecule has 0 saturated carbocycles. The van der Waals surface area contributed by atoms with E-state index in [4.69, 9.17) is 4.74 Å². The van der Waals surface area contributed by atoms with Crippen molar-refractivity contribution in [3.8, 4) is 0 Å². The average molecular weight is 165 g/mol. The van der Waals surface area contributed by atoms with Crippen LogP contribution in [0.5, 0.6) is 0 Å². The highest BCUT2D eigenvalue weighted by Gasteiger charge is 2.04. The van der Waals surface area contributed by atoms with Gasteiger partial charge in [0, 0.05) is 20.7 Å². The van der Waals surface area contributed by atoms with Gasteiger partial charge < -0.3 is 9.64 Å². The summed E-state index contributed by atoms with van der Waals surface area (Å²) in [5, 5.41) is 0. The predicted molar refractivity (Wildman–Crippen MR) is 39.4 cm³/mol. The molecule has 11 heavy (non-hydrogen) atoms. The Bertz CT molecular complexity index is 143. The highest BCUT2D eigenvalue weighted by molar-refractivity contribution is 4.95. The Balaban J connectivity index is 3.83. The third kappa shape index (κ3) is 3.93. The zero-order valence-electron chi connectivity index (χ0n) is 7.03. The SMILES string of the molecule is COCCN(C)C(C)=C(F)F.